The first-order valence-corrected chi connectivity index (χ1v) is 6.68. The molecule has 0 fully saturated rings. The molecule has 0 atom stereocenters. The lowest BCUT2D eigenvalue weighted by Crippen LogP contribution is -2.13. The molecule has 0 unspecified atom stereocenters. The molecule has 6 heteroatoms. The van der Waals surface area contributed by atoms with Crippen molar-refractivity contribution in [3.05, 3.63) is 36.0 Å². The lowest BCUT2D eigenvalue weighted by molar-refractivity contribution is 0.255. The highest BCUT2D eigenvalue weighted by Gasteiger charge is 2.12. The highest BCUT2D eigenvalue weighted by molar-refractivity contribution is 5.46. The Balaban J connectivity index is 2.16. The van der Waals surface area contributed by atoms with E-state index in [0.717, 1.165) is 30.2 Å². The minimum absolute atomic E-state index is 0.250. The van der Waals surface area contributed by atoms with Gasteiger partial charge in [0.2, 0.25) is 12.2 Å². The van der Waals surface area contributed by atoms with E-state index in [-0.39, 0.29) is 6.61 Å². The van der Waals surface area contributed by atoms with Crippen LogP contribution in [0.1, 0.15) is 25.2 Å². The van der Waals surface area contributed by atoms with Crippen molar-refractivity contribution in [2.24, 2.45) is 0 Å². The summed E-state index contributed by atoms with van der Waals surface area (Å²) in [6.07, 6.45) is 1.28. The van der Waals surface area contributed by atoms with Crippen molar-refractivity contribution in [1.82, 2.24) is 15.5 Å². The van der Waals surface area contributed by atoms with E-state index in [1.54, 1.807) is 0 Å². The molecule has 2 rings (SSSR count). The van der Waals surface area contributed by atoms with Gasteiger partial charge >= 0.3 is 0 Å². The number of hydrogen-bond acceptors (Lipinski definition) is 6. The molecule has 1 N–H and O–H groups in total. The van der Waals surface area contributed by atoms with Gasteiger partial charge < -0.3 is 19.3 Å². The number of ether oxygens (including phenoxy) is 2. The third-order valence-electron chi connectivity index (χ3n) is 2.68. The molecule has 0 spiro atoms. The van der Waals surface area contributed by atoms with E-state index in [1.807, 2.05) is 25.1 Å². The molecule has 0 amide bonds. The Bertz CT molecular complexity index is 514. The van der Waals surface area contributed by atoms with Gasteiger partial charge in [-0.3, -0.25) is 0 Å². The second kappa shape index (κ2) is 7.49. The van der Waals surface area contributed by atoms with E-state index in [2.05, 4.69) is 22.4 Å². The van der Waals surface area contributed by atoms with E-state index in [1.165, 1.54) is 6.39 Å². The van der Waals surface area contributed by atoms with E-state index < -0.39 is 0 Å². The van der Waals surface area contributed by atoms with E-state index in [9.17, 15) is 0 Å². The zero-order valence-electron chi connectivity index (χ0n) is 11.8. The standard InChI is InChI=1S/C14H19N3O3/c1-3-15-8-11-6-5-7-12(18-4-2)14(11)19-9-13-16-10-20-17-13/h5-7,10,15H,3-4,8-9H2,1-2H3. The Morgan fingerprint density at radius 2 is 2.15 bits per heavy atom. The molecule has 0 saturated heterocycles. The SMILES string of the molecule is CCNCc1cccc(OCC)c1OCc1ncon1. The van der Waals surface area contributed by atoms with Crippen molar-refractivity contribution in [2.45, 2.75) is 27.0 Å². The molecule has 1 aromatic carbocycles. The van der Waals surface area contributed by atoms with Gasteiger partial charge in [0.1, 0.15) is 0 Å². The minimum Gasteiger partial charge on any atom is -0.490 e. The smallest absolute Gasteiger partial charge is 0.213 e. The van der Waals surface area contributed by atoms with Crippen molar-refractivity contribution >= 4 is 0 Å². The molecule has 0 aliphatic carbocycles. The molecule has 2 aromatic rings. The molecule has 1 heterocycles. The number of rotatable bonds is 8. The summed E-state index contributed by atoms with van der Waals surface area (Å²) in [7, 11) is 0. The van der Waals surface area contributed by atoms with Gasteiger partial charge in [0.15, 0.2) is 18.1 Å². The van der Waals surface area contributed by atoms with Crippen LogP contribution in [0.4, 0.5) is 0 Å². The number of hydrogen-bond donors (Lipinski definition) is 1. The van der Waals surface area contributed by atoms with Gasteiger partial charge in [-0.1, -0.05) is 24.2 Å². The monoisotopic (exact) mass is 277 g/mol. The fourth-order valence-electron chi connectivity index (χ4n) is 1.79. The van der Waals surface area contributed by atoms with Gasteiger partial charge in [0, 0.05) is 12.1 Å². The van der Waals surface area contributed by atoms with Crippen molar-refractivity contribution in [2.75, 3.05) is 13.2 Å². The predicted octanol–water partition coefficient (Wildman–Crippen LogP) is 2.16. The summed E-state index contributed by atoms with van der Waals surface area (Å²) in [5, 5.41) is 7.01. The summed E-state index contributed by atoms with van der Waals surface area (Å²) in [6, 6.07) is 5.86. The second-order valence-electron chi connectivity index (χ2n) is 4.09. The van der Waals surface area contributed by atoms with Crippen molar-refractivity contribution in [3.63, 3.8) is 0 Å². The largest absolute Gasteiger partial charge is 0.490 e. The quantitative estimate of drug-likeness (QED) is 0.797. The van der Waals surface area contributed by atoms with Crippen LogP contribution < -0.4 is 14.8 Å². The first kappa shape index (κ1) is 14.3. The zero-order valence-corrected chi connectivity index (χ0v) is 11.8. The van der Waals surface area contributed by atoms with Crippen LogP contribution in [0.25, 0.3) is 0 Å². The third-order valence-corrected chi connectivity index (χ3v) is 2.68. The van der Waals surface area contributed by atoms with Gasteiger partial charge in [-0.2, -0.15) is 4.98 Å². The Labute approximate surface area is 118 Å². The maximum absolute atomic E-state index is 5.81. The molecule has 108 valence electrons. The van der Waals surface area contributed by atoms with E-state index >= 15 is 0 Å². The van der Waals surface area contributed by atoms with Crippen LogP contribution in [0.15, 0.2) is 29.1 Å². The molecule has 0 aliphatic rings. The number of nitrogens with zero attached hydrogens (tertiary/aromatic N) is 2. The van der Waals surface area contributed by atoms with Crippen molar-refractivity contribution in [3.8, 4) is 11.5 Å². The Kier molecular flexibility index (Phi) is 5.37. The number of nitrogens with one attached hydrogen (secondary N) is 1. The first-order chi connectivity index (χ1) is 9.85. The summed E-state index contributed by atoms with van der Waals surface area (Å²) in [5.41, 5.74) is 1.04. The number of aromatic nitrogens is 2. The number of benzene rings is 1. The molecule has 6 nitrogen and oxygen atoms in total. The molecule has 0 radical (unpaired) electrons. The highest BCUT2D eigenvalue weighted by Crippen LogP contribution is 2.32. The lowest BCUT2D eigenvalue weighted by Gasteiger charge is -2.15. The normalized spacial score (nSPS) is 10.5. The molecule has 0 bridgehead atoms. The molecule has 0 aliphatic heterocycles. The van der Waals surface area contributed by atoms with Crippen LogP contribution in [0.2, 0.25) is 0 Å². The average molecular weight is 277 g/mol. The summed E-state index contributed by atoms with van der Waals surface area (Å²) >= 11 is 0. The fourth-order valence-corrected chi connectivity index (χ4v) is 1.79. The maximum atomic E-state index is 5.81. The average Bonchev–Trinajstić information content (AvgIpc) is 2.97. The minimum atomic E-state index is 0.250. The first-order valence-electron chi connectivity index (χ1n) is 6.68. The summed E-state index contributed by atoms with van der Waals surface area (Å²) in [6.45, 7) is 6.46. The maximum Gasteiger partial charge on any atom is 0.213 e. The predicted molar refractivity (Wildman–Crippen MR) is 73.6 cm³/mol. The van der Waals surface area contributed by atoms with Crippen LogP contribution >= 0.6 is 0 Å². The van der Waals surface area contributed by atoms with Crippen LogP contribution in [-0.4, -0.2) is 23.3 Å². The highest BCUT2D eigenvalue weighted by atomic mass is 16.5. The fraction of sp³-hybridized carbons (Fsp3) is 0.429. The van der Waals surface area contributed by atoms with Crippen LogP contribution in [0, 0.1) is 0 Å². The third kappa shape index (κ3) is 3.71. The molecular weight excluding hydrogens is 258 g/mol. The molecule has 20 heavy (non-hydrogen) atoms. The van der Waals surface area contributed by atoms with Gasteiger partial charge in [-0.15, -0.1) is 0 Å². The van der Waals surface area contributed by atoms with Gasteiger partial charge in [0.25, 0.3) is 0 Å². The Hall–Kier alpha value is -2.08. The van der Waals surface area contributed by atoms with Gasteiger partial charge in [-0.25, -0.2) is 0 Å². The van der Waals surface area contributed by atoms with Crippen molar-refractivity contribution < 1.29 is 14.0 Å². The summed E-state index contributed by atoms with van der Waals surface area (Å²) < 4.78 is 16.1. The molecular formula is C14H19N3O3. The van der Waals surface area contributed by atoms with Gasteiger partial charge in [-0.05, 0) is 19.5 Å². The lowest BCUT2D eigenvalue weighted by atomic mass is 10.2. The summed E-state index contributed by atoms with van der Waals surface area (Å²) in [5.74, 6) is 1.96. The van der Waals surface area contributed by atoms with E-state index in [4.69, 9.17) is 14.0 Å². The molecule has 1 aromatic heterocycles. The van der Waals surface area contributed by atoms with Crippen LogP contribution in [0.3, 0.4) is 0 Å². The topological polar surface area (TPSA) is 69.4 Å². The second-order valence-corrected chi connectivity index (χ2v) is 4.09. The Morgan fingerprint density at radius 3 is 2.85 bits per heavy atom. The van der Waals surface area contributed by atoms with Crippen LogP contribution in [-0.2, 0) is 13.2 Å². The van der Waals surface area contributed by atoms with E-state index in [0.29, 0.717) is 12.4 Å². The number of para-hydroxylation sites is 1. The van der Waals surface area contributed by atoms with Gasteiger partial charge in [0.05, 0.1) is 6.61 Å². The van der Waals surface area contributed by atoms with Crippen molar-refractivity contribution in [1.29, 1.82) is 0 Å². The Morgan fingerprint density at radius 1 is 1.25 bits per heavy atom. The zero-order chi connectivity index (χ0) is 14.2. The van der Waals surface area contributed by atoms with Crippen LogP contribution in [0.5, 0.6) is 11.5 Å². The molecule has 0 saturated carbocycles. The summed E-state index contributed by atoms with van der Waals surface area (Å²) in [4.78, 5) is 3.94.